The first-order valence-electron chi connectivity index (χ1n) is 12.2. The van der Waals surface area contributed by atoms with E-state index in [9.17, 15) is 19.7 Å². The number of nitro groups is 1. The van der Waals surface area contributed by atoms with Crippen molar-refractivity contribution in [1.82, 2.24) is 5.32 Å². The van der Waals surface area contributed by atoms with E-state index in [1.54, 1.807) is 39.8 Å². The molecule has 0 spiro atoms. The Morgan fingerprint density at radius 1 is 1.12 bits per heavy atom. The number of nitro benzene ring substituents is 1. The molecule has 0 bridgehead atoms. The highest BCUT2D eigenvalue weighted by Crippen LogP contribution is 2.23. The fraction of sp³-hybridized carbons (Fsp3) is 0.615. The van der Waals surface area contributed by atoms with Gasteiger partial charge in [-0.05, 0) is 58.2 Å². The topological polar surface area (TPSA) is 108 Å². The number of esters is 1. The van der Waals surface area contributed by atoms with Gasteiger partial charge in [0.05, 0.1) is 11.5 Å². The fourth-order valence-electron chi connectivity index (χ4n) is 3.42. The lowest BCUT2D eigenvalue weighted by atomic mass is 10.0. The van der Waals surface area contributed by atoms with Crippen molar-refractivity contribution >= 4 is 23.8 Å². The Hall–Kier alpha value is -2.90. The Morgan fingerprint density at radius 3 is 2.41 bits per heavy atom. The highest BCUT2D eigenvalue weighted by atomic mass is 16.6. The minimum absolute atomic E-state index is 0.0898. The van der Waals surface area contributed by atoms with E-state index < -0.39 is 28.6 Å². The molecule has 1 aromatic rings. The highest BCUT2D eigenvalue weighted by Gasteiger charge is 2.28. The number of carbonyl (C=O) groups is 2. The second-order valence-electron chi connectivity index (χ2n) is 9.26. The molecule has 8 nitrogen and oxygen atoms in total. The molecule has 1 amide bonds. The third kappa shape index (κ3) is 11.8. The highest BCUT2D eigenvalue weighted by molar-refractivity contribution is 5.82. The summed E-state index contributed by atoms with van der Waals surface area (Å²) in [6, 6.07) is 3.67. The van der Waals surface area contributed by atoms with Gasteiger partial charge in [-0.3, -0.25) is 10.1 Å². The molecule has 0 aliphatic heterocycles. The number of allylic oxidation sites excluding steroid dienone is 1. The summed E-state index contributed by atoms with van der Waals surface area (Å²) < 4.78 is 10.3. The Kier molecular flexibility index (Phi) is 12.9. The van der Waals surface area contributed by atoms with Gasteiger partial charge >= 0.3 is 12.1 Å². The normalized spacial score (nSPS) is 12.4. The van der Waals surface area contributed by atoms with Gasteiger partial charge < -0.3 is 14.8 Å². The SMILES string of the molecule is CCCCCCCC/C=C/c1ccc([N+](=O)[O-])c(CC(NC(=O)OC(C)(C)C)C(=O)OCC)c1. The van der Waals surface area contributed by atoms with Crippen molar-refractivity contribution in [2.24, 2.45) is 0 Å². The van der Waals surface area contributed by atoms with Crippen LogP contribution in [-0.2, 0) is 20.7 Å². The van der Waals surface area contributed by atoms with Gasteiger partial charge in [0.2, 0.25) is 0 Å². The lowest BCUT2D eigenvalue weighted by molar-refractivity contribution is -0.385. The quantitative estimate of drug-likeness (QED) is 0.145. The zero-order valence-corrected chi connectivity index (χ0v) is 21.2. The van der Waals surface area contributed by atoms with Crippen molar-refractivity contribution in [1.29, 1.82) is 0 Å². The van der Waals surface area contributed by atoms with E-state index in [0.29, 0.717) is 5.56 Å². The summed E-state index contributed by atoms with van der Waals surface area (Å²) in [4.78, 5) is 35.8. The minimum atomic E-state index is -1.11. The van der Waals surface area contributed by atoms with Crippen molar-refractivity contribution < 1.29 is 24.0 Å². The molecule has 0 heterocycles. The predicted molar refractivity (Wildman–Crippen MR) is 134 cm³/mol. The van der Waals surface area contributed by atoms with E-state index in [1.807, 2.05) is 6.08 Å². The molecule has 0 aliphatic rings. The van der Waals surface area contributed by atoms with E-state index in [0.717, 1.165) is 18.4 Å². The molecular formula is C26H40N2O6. The zero-order valence-electron chi connectivity index (χ0n) is 21.2. The number of amides is 1. The largest absolute Gasteiger partial charge is 0.464 e. The first kappa shape index (κ1) is 29.1. The van der Waals surface area contributed by atoms with Crippen LogP contribution in [0.3, 0.4) is 0 Å². The van der Waals surface area contributed by atoms with E-state index in [4.69, 9.17) is 9.47 Å². The molecule has 1 atom stereocenters. The average Bonchev–Trinajstić information content (AvgIpc) is 2.74. The number of hydrogen-bond donors (Lipinski definition) is 1. The molecule has 0 saturated heterocycles. The second-order valence-corrected chi connectivity index (χ2v) is 9.26. The molecule has 0 radical (unpaired) electrons. The van der Waals surface area contributed by atoms with Crippen LogP contribution in [0.15, 0.2) is 24.3 Å². The van der Waals surface area contributed by atoms with Crippen LogP contribution in [0.5, 0.6) is 0 Å². The van der Waals surface area contributed by atoms with Crippen molar-refractivity contribution in [3.63, 3.8) is 0 Å². The van der Waals surface area contributed by atoms with Crippen LogP contribution in [0.1, 0.15) is 90.7 Å². The van der Waals surface area contributed by atoms with Gasteiger partial charge in [-0.15, -0.1) is 0 Å². The second kappa shape index (κ2) is 15.1. The Bertz CT molecular complexity index is 829. The smallest absolute Gasteiger partial charge is 0.408 e. The lowest BCUT2D eigenvalue weighted by Crippen LogP contribution is -2.45. The van der Waals surface area contributed by atoms with Gasteiger partial charge in [0.25, 0.3) is 5.69 Å². The number of benzene rings is 1. The maximum absolute atomic E-state index is 12.5. The van der Waals surface area contributed by atoms with Crippen LogP contribution in [0.2, 0.25) is 0 Å². The molecule has 0 aliphatic carbocycles. The maximum atomic E-state index is 12.5. The van der Waals surface area contributed by atoms with Gasteiger partial charge in [-0.1, -0.05) is 51.2 Å². The first-order valence-corrected chi connectivity index (χ1v) is 12.2. The summed E-state index contributed by atoms with van der Waals surface area (Å²) in [6.07, 6.45) is 11.4. The third-order valence-electron chi connectivity index (χ3n) is 5.02. The molecule has 190 valence electrons. The van der Waals surface area contributed by atoms with Gasteiger partial charge in [-0.2, -0.15) is 0 Å². The Morgan fingerprint density at radius 2 is 1.79 bits per heavy atom. The zero-order chi connectivity index (χ0) is 25.6. The van der Waals surface area contributed by atoms with Crippen LogP contribution >= 0.6 is 0 Å². The van der Waals surface area contributed by atoms with Crippen molar-refractivity contribution in [3.05, 3.63) is 45.5 Å². The molecule has 0 saturated carbocycles. The number of unbranched alkanes of at least 4 members (excludes halogenated alkanes) is 6. The molecular weight excluding hydrogens is 436 g/mol. The summed E-state index contributed by atoms with van der Waals surface area (Å²) in [6.45, 7) is 9.09. The predicted octanol–water partition coefficient (Wildman–Crippen LogP) is 6.36. The number of rotatable bonds is 14. The Balaban J connectivity index is 2.95. The molecule has 34 heavy (non-hydrogen) atoms. The standard InChI is InChI=1S/C26H40N2O6/c1-6-8-9-10-11-12-13-14-15-20-16-17-23(28(31)32)21(18-20)19-22(24(29)33-7-2)27-25(30)34-26(3,4)5/h14-18,22H,6-13,19H2,1-5H3,(H,27,30)/b15-14+. The molecule has 1 aromatic carbocycles. The molecule has 0 aromatic heterocycles. The van der Waals surface area contributed by atoms with Gasteiger partial charge in [0.15, 0.2) is 0 Å². The third-order valence-corrected chi connectivity index (χ3v) is 5.02. The molecule has 1 rings (SSSR count). The molecule has 1 unspecified atom stereocenters. The Labute approximate surface area is 203 Å². The van der Waals surface area contributed by atoms with Gasteiger partial charge in [0.1, 0.15) is 11.6 Å². The van der Waals surface area contributed by atoms with Crippen LogP contribution < -0.4 is 5.32 Å². The minimum Gasteiger partial charge on any atom is -0.464 e. The number of carbonyl (C=O) groups excluding carboxylic acids is 2. The van der Waals surface area contributed by atoms with Crippen LogP contribution in [0, 0.1) is 10.1 Å². The number of nitrogens with one attached hydrogen (secondary N) is 1. The van der Waals surface area contributed by atoms with Gasteiger partial charge in [0, 0.05) is 18.1 Å². The van der Waals surface area contributed by atoms with Crippen LogP contribution in [0.25, 0.3) is 6.08 Å². The van der Waals surface area contributed by atoms with Crippen molar-refractivity contribution in [3.8, 4) is 0 Å². The lowest BCUT2D eigenvalue weighted by Gasteiger charge is -2.23. The number of hydrogen-bond acceptors (Lipinski definition) is 6. The number of ether oxygens (including phenoxy) is 2. The summed E-state index contributed by atoms with van der Waals surface area (Å²) in [5.41, 5.74) is 0.261. The summed E-state index contributed by atoms with van der Waals surface area (Å²) in [5.74, 6) is -0.674. The summed E-state index contributed by atoms with van der Waals surface area (Å²) in [5, 5.41) is 14.1. The van der Waals surface area contributed by atoms with Crippen molar-refractivity contribution in [2.45, 2.75) is 97.6 Å². The van der Waals surface area contributed by atoms with Gasteiger partial charge in [-0.25, -0.2) is 9.59 Å². The average molecular weight is 477 g/mol. The number of alkyl carbamates (subject to hydrolysis) is 1. The summed E-state index contributed by atoms with van der Waals surface area (Å²) >= 11 is 0. The van der Waals surface area contributed by atoms with E-state index >= 15 is 0 Å². The summed E-state index contributed by atoms with van der Waals surface area (Å²) in [7, 11) is 0. The van der Waals surface area contributed by atoms with E-state index in [1.165, 1.54) is 38.2 Å². The van der Waals surface area contributed by atoms with E-state index in [-0.39, 0.29) is 18.7 Å². The molecule has 0 fully saturated rings. The monoisotopic (exact) mass is 476 g/mol. The maximum Gasteiger partial charge on any atom is 0.408 e. The van der Waals surface area contributed by atoms with Crippen LogP contribution in [-0.4, -0.2) is 35.2 Å². The van der Waals surface area contributed by atoms with Crippen LogP contribution in [0.4, 0.5) is 10.5 Å². The molecule has 8 heteroatoms. The fourth-order valence-corrected chi connectivity index (χ4v) is 3.42. The van der Waals surface area contributed by atoms with Crippen molar-refractivity contribution in [2.75, 3.05) is 6.61 Å². The molecule has 1 N–H and O–H groups in total. The van der Waals surface area contributed by atoms with E-state index in [2.05, 4.69) is 18.3 Å². The first-order chi connectivity index (χ1) is 16.1. The number of nitrogens with zero attached hydrogens (tertiary/aromatic N) is 1.